The van der Waals surface area contributed by atoms with Crippen molar-refractivity contribution in [1.29, 1.82) is 0 Å². The molecule has 0 amide bonds. The molecule has 16 heavy (non-hydrogen) atoms. The van der Waals surface area contributed by atoms with Crippen LogP contribution in [0.4, 0.5) is 11.6 Å². The standard InChI is InChI=1S/C10H16BrN5/c1-15-3-2-4-16(6-5-15)10-9(12)13-7-8(11)14-10/h7H,2-6H2,1H3,(H2,12,13). The van der Waals surface area contributed by atoms with Gasteiger partial charge in [-0.05, 0) is 35.9 Å². The summed E-state index contributed by atoms with van der Waals surface area (Å²) < 4.78 is 0.731. The van der Waals surface area contributed by atoms with Crippen molar-refractivity contribution in [3.63, 3.8) is 0 Å². The number of nitrogens with zero attached hydrogens (tertiary/aromatic N) is 4. The Labute approximate surface area is 104 Å². The van der Waals surface area contributed by atoms with Gasteiger partial charge in [-0.15, -0.1) is 0 Å². The monoisotopic (exact) mass is 285 g/mol. The Morgan fingerprint density at radius 1 is 1.31 bits per heavy atom. The quantitative estimate of drug-likeness (QED) is 0.833. The molecule has 0 unspecified atom stereocenters. The second kappa shape index (κ2) is 4.97. The Morgan fingerprint density at radius 3 is 2.94 bits per heavy atom. The van der Waals surface area contributed by atoms with Crippen molar-refractivity contribution >= 4 is 27.6 Å². The van der Waals surface area contributed by atoms with Crippen molar-refractivity contribution in [1.82, 2.24) is 14.9 Å². The number of hydrogen-bond donors (Lipinski definition) is 1. The van der Waals surface area contributed by atoms with Crippen LogP contribution in [0.5, 0.6) is 0 Å². The Morgan fingerprint density at radius 2 is 2.12 bits per heavy atom. The lowest BCUT2D eigenvalue weighted by Crippen LogP contribution is -2.30. The number of aromatic nitrogens is 2. The molecule has 1 aliphatic heterocycles. The van der Waals surface area contributed by atoms with Crippen molar-refractivity contribution in [2.24, 2.45) is 0 Å². The molecule has 0 radical (unpaired) electrons. The van der Waals surface area contributed by atoms with E-state index in [0.29, 0.717) is 5.82 Å². The first-order chi connectivity index (χ1) is 7.66. The average molecular weight is 286 g/mol. The van der Waals surface area contributed by atoms with Crippen LogP contribution in [0, 0.1) is 0 Å². The lowest BCUT2D eigenvalue weighted by Gasteiger charge is -2.22. The van der Waals surface area contributed by atoms with Gasteiger partial charge in [0.1, 0.15) is 4.60 Å². The first-order valence-electron chi connectivity index (χ1n) is 5.38. The summed E-state index contributed by atoms with van der Waals surface area (Å²) in [5, 5.41) is 0. The minimum atomic E-state index is 0.507. The Balaban J connectivity index is 2.19. The number of anilines is 2. The molecule has 0 aliphatic carbocycles. The van der Waals surface area contributed by atoms with Crippen molar-refractivity contribution in [2.45, 2.75) is 6.42 Å². The smallest absolute Gasteiger partial charge is 0.172 e. The van der Waals surface area contributed by atoms with E-state index in [2.05, 4.69) is 42.7 Å². The van der Waals surface area contributed by atoms with E-state index >= 15 is 0 Å². The normalized spacial score (nSPS) is 18.5. The molecular weight excluding hydrogens is 270 g/mol. The number of nitrogens with two attached hydrogens (primary N) is 1. The molecule has 0 atom stereocenters. The van der Waals surface area contributed by atoms with Crippen LogP contribution in [0.2, 0.25) is 0 Å². The molecule has 2 heterocycles. The van der Waals surface area contributed by atoms with Gasteiger partial charge in [0.25, 0.3) is 0 Å². The molecule has 5 nitrogen and oxygen atoms in total. The number of nitrogen functional groups attached to an aromatic ring is 1. The van der Waals surface area contributed by atoms with Gasteiger partial charge >= 0.3 is 0 Å². The third-order valence-electron chi connectivity index (χ3n) is 2.77. The second-order valence-electron chi connectivity index (χ2n) is 4.05. The molecule has 1 fully saturated rings. The summed E-state index contributed by atoms with van der Waals surface area (Å²) >= 11 is 3.33. The second-order valence-corrected chi connectivity index (χ2v) is 4.86. The topological polar surface area (TPSA) is 58.3 Å². The van der Waals surface area contributed by atoms with Crippen LogP contribution in [0.15, 0.2) is 10.8 Å². The summed E-state index contributed by atoms with van der Waals surface area (Å²) in [4.78, 5) is 13.0. The zero-order valence-corrected chi connectivity index (χ0v) is 10.9. The van der Waals surface area contributed by atoms with Crippen molar-refractivity contribution in [3.05, 3.63) is 10.8 Å². The van der Waals surface area contributed by atoms with E-state index in [1.807, 2.05) is 0 Å². The fraction of sp³-hybridized carbons (Fsp3) is 0.600. The van der Waals surface area contributed by atoms with E-state index in [1.165, 1.54) is 0 Å². The first-order valence-corrected chi connectivity index (χ1v) is 6.17. The van der Waals surface area contributed by atoms with Gasteiger partial charge in [-0.2, -0.15) is 0 Å². The van der Waals surface area contributed by atoms with Crippen LogP contribution >= 0.6 is 15.9 Å². The molecular formula is C10H16BrN5. The maximum absolute atomic E-state index is 5.86. The highest BCUT2D eigenvalue weighted by Gasteiger charge is 2.16. The van der Waals surface area contributed by atoms with Crippen molar-refractivity contribution in [2.75, 3.05) is 43.9 Å². The predicted octanol–water partition coefficient (Wildman–Crippen LogP) is 0.963. The van der Waals surface area contributed by atoms with Crippen LogP contribution in [-0.4, -0.2) is 48.1 Å². The highest BCUT2D eigenvalue weighted by molar-refractivity contribution is 9.10. The van der Waals surface area contributed by atoms with Gasteiger partial charge in [-0.1, -0.05) is 0 Å². The van der Waals surface area contributed by atoms with Gasteiger partial charge < -0.3 is 15.5 Å². The zero-order valence-electron chi connectivity index (χ0n) is 9.36. The fourth-order valence-electron chi connectivity index (χ4n) is 1.86. The van der Waals surface area contributed by atoms with Gasteiger partial charge in [0, 0.05) is 19.6 Å². The number of likely N-dealkylation sites (N-methyl/N-ethyl adjacent to an activating group) is 1. The van der Waals surface area contributed by atoms with Gasteiger partial charge in [0.15, 0.2) is 11.6 Å². The predicted molar refractivity (Wildman–Crippen MR) is 68.5 cm³/mol. The molecule has 0 spiro atoms. The molecule has 1 aromatic rings. The van der Waals surface area contributed by atoms with Crippen LogP contribution < -0.4 is 10.6 Å². The van der Waals surface area contributed by atoms with Gasteiger partial charge in [0.2, 0.25) is 0 Å². The van der Waals surface area contributed by atoms with Gasteiger partial charge in [-0.25, -0.2) is 9.97 Å². The third-order valence-corrected chi connectivity index (χ3v) is 3.15. The minimum Gasteiger partial charge on any atom is -0.381 e. The summed E-state index contributed by atoms with van der Waals surface area (Å²) in [7, 11) is 2.14. The van der Waals surface area contributed by atoms with Crippen LogP contribution in [0.3, 0.4) is 0 Å². The molecule has 0 bridgehead atoms. The summed E-state index contributed by atoms with van der Waals surface area (Å²) in [6.07, 6.45) is 2.76. The van der Waals surface area contributed by atoms with E-state index in [4.69, 9.17) is 5.73 Å². The first kappa shape index (κ1) is 11.6. The Hall–Kier alpha value is -0.880. The Bertz CT molecular complexity index is 370. The lowest BCUT2D eigenvalue weighted by molar-refractivity contribution is 0.360. The van der Waals surface area contributed by atoms with Crippen molar-refractivity contribution < 1.29 is 0 Å². The fourth-order valence-corrected chi connectivity index (χ4v) is 2.13. The van der Waals surface area contributed by atoms with Crippen LogP contribution in [0.1, 0.15) is 6.42 Å². The van der Waals surface area contributed by atoms with E-state index in [-0.39, 0.29) is 0 Å². The molecule has 2 rings (SSSR count). The van der Waals surface area contributed by atoms with Crippen LogP contribution in [-0.2, 0) is 0 Å². The molecule has 6 heteroatoms. The minimum absolute atomic E-state index is 0.507. The number of halogens is 1. The highest BCUT2D eigenvalue weighted by Crippen LogP contribution is 2.21. The summed E-state index contributed by atoms with van der Waals surface area (Å²) in [6, 6.07) is 0. The maximum atomic E-state index is 5.86. The zero-order chi connectivity index (χ0) is 11.5. The number of hydrogen-bond acceptors (Lipinski definition) is 5. The summed E-state index contributed by atoms with van der Waals surface area (Å²) in [6.45, 7) is 4.09. The average Bonchev–Trinajstić information content (AvgIpc) is 2.47. The van der Waals surface area contributed by atoms with E-state index < -0.39 is 0 Å². The molecule has 0 aromatic carbocycles. The largest absolute Gasteiger partial charge is 0.381 e. The summed E-state index contributed by atoms with van der Waals surface area (Å²) in [5.74, 6) is 1.30. The highest BCUT2D eigenvalue weighted by atomic mass is 79.9. The van der Waals surface area contributed by atoms with Crippen molar-refractivity contribution in [3.8, 4) is 0 Å². The van der Waals surface area contributed by atoms with Gasteiger partial charge in [0.05, 0.1) is 6.20 Å². The molecule has 88 valence electrons. The molecule has 0 saturated carbocycles. The van der Waals surface area contributed by atoms with E-state index in [0.717, 1.165) is 43.0 Å². The molecule has 1 aromatic heterocycles. The molecule has 1 saturated heterocycles. The summed E-state index contributed by atoms with van der Waals surface area (Å²) in [5.41, 5.74) is 5.86. The Kier molecular flexibility index (Phi) is 3.60. The molecule has 2 N–H and O–H groups in total. The maximum Gasteiger partial charge on any atom is 0.172 e. The van der Waals surface area contributed by atoms with E-state index in [1.54, 1.807) is 6.20 Å². The third kappa shape index (κ3) is 2.62. The van der Waals surface area contributed by atoms with Crippen LogP contribution in [0.25, 0.3) is 0 Å². The molecule has 1 aliphatic rings. The SMILES string of the molecule is CN1CCCN(c2nc(Br)cnc2N)CC1. The number of rotatable bonds is 1. The van der Waals surface area contributed by atoms with Gasteiger partial charge in [-0.3, -0.25) is 0 Å². The lowest BCUT2D eigenvalue weighted by atomic mass is 10.4. The van der Waals surface area contributed by atoms with E-state index in [9.17, 15) is 0 Å².